The van der Waals surface area contributed by atoms with E-state index in [0.29, 0.717) is 38.6 Å². The Morgan fingerprint density at radius 1 is 1.13 bits per heavy atom. The molecule has 1 amide bonds. The lowest BCUT2D eigenvalue weighted by Gasteiger charge is -2.11. The number of hydrogen-bond donors (Lipinski definition) is 3. The molecule has 0 fully saturated rings. The van der Waals surface area contributed by atoms with E-state index in [9.17, 15) is 4.79 Å². The molecule has 4 rings (SSSR count). The van der Waals surface area contributed by atoms with Crippen LogP contribution in [0.4, 0.5) is 17.2 Å². The van der Waals surface area contributed by atoms with E-state index in [4.69, 9.17) is 27.9 Å². The Hall–Kier alpha value is -3.55. The van der Waals surface area contributed by atoms with Gasteiger partial charge in [-0.2, -0.15) is 5.10 Å². The van der Waals surface area contributed by atoms with Crippen LogP contribution in [0, 0.1) is 0 Å². The van der Waals surface area contributed by atoms with E-state index >= 15 is 0 Å². The van der Waals surface area contributed by atoms with Gasteiger partial charge in [0, 0.05) is 23.3 Å². The zero-order valence-corrected chi connectivity index (χ0v) is 17.7. The number of amides is 1. The number of nitrogens with zero attached hydrogens (tertiary/aromatic N) is 2. The molecule has 156 valence electrons. The fourth-order valence-electron chi connectivity index (χ4n) is 2.92. The topological polar surface area (TPSA) is 91.9 Å². The molecule has 0 aliphatic rings. The van der Waals surface area contributed by atoms with E-state index in [1.807, 2.05) is 36.4 Å². The van der Waals surface area contributed by atoms with Crippen LogP contribution in [0.15, 0.2) is 67.5 Å². The van der Waals surface area contributed by atoms with Gasteiger partial charge in [0.25, 0.3) is 0 Å². The molecule has 0 aliphatic heterocycles. The Morgan fingerprint density at radius 2 is 1.87 bits per heavy atom. The third-order valence-corrected chi connectivity index (χ3v) is 5.14. The second kappa shape index (κ2) is 9.07. The fourth-order valence-corrected chi connectivity index (χ4v) is 3.40. The number of nitrogens with one attached hydrogen (secondary N) is 3. The lowest BCUT2D eigenvalue weighted by atomic mass is 10.2. The van der Waals surface area contributed by atoms with Crippen molar-refractivity contribution in [1.29, 1.82) is 0 Å². The molecular weight excluding hydrogens is 437 g/mol. The van der Waals surface area contributed by atoms with Gasteiger partial charge in [-0.3, -0.25) is 14.9 Å². The molecule has 3 N–H and O–H groups in total. The highest BCUT2D eigenvalue weighted by molar-refractivity contribution is 6.35. The first-order valence-electron chi connectivity index (χ1n) is 9.23. The van der Waals surface area contributed by atoms with Crippen LogP contribution in [0.2, 0.25) is 10.0 Å². The first kappa shape index (κ1) is 20.7. The number of aromatic amines is 1. The molecule has 4 aromatic rings. The summed E-state index contributed by atoms with van der Waals surface area (Å²) >= 11 is 12.3. The van der Waals surface area contributed by atoms with Crippen LogP contribution < -0.4 is 15.4 Å². The van der Waals surface area contributed by atoms with Crippen molar-refractivity contribution in [2.45, 2.75) is 6.61 Å². The zero-order valence-electron chi connectivity index (χ0n) is 16.2. The SMILES string of the molecule is C=CC(=O)Nc1ccccc1Nc1n[nH]c2ccc(OCc3c(Cl)cncc3Cl)cc12. The largest absolute Gasteiger partial charge is 0.489 e. The van der Waals surface area contributed by atoms with Gasteiger partial charge in [0.1, 0.15) is 12.4 Å². The van der Waals surface area contributed by atoms with E-state index in [1.165, 1.54) is 18.5 Å². The second-order valence-electron chi connectivity index (χ2n) is 6.51. The number of rotatable bonds is 7. The summed E-state index contributed by atoms with van der Waals surface area (Å²) < 4.78 is 5.89. The van der Waals surface area contributed by atoms with Gasteiger partial charge in [-0.15, -0.1) is 0 Å². The van der Waals surface area contributed by atoms with Crippen LogP contribution in [0.1, 0.15) is 5.56 Å². The van der Waals surface area contributed by atoms with E-state index in [2.05, 4.69) is 32.4 Å². The molecule has 0 aliphatic carbocycles. The molecular formula is C22H17Cl2N5O2. The first-order chi connectivity index (χ1) is 15.0. The summed E-state index contributed by atoms with van der Waals surface area (Å²) in [5, 5.41) is 15.0. The number of aromatic nitrogens is 3. The molecule has 9 heteroatoms. The van der Waals surface area contributed by atoms with E-state index < -0.39 is 0 Å². The highest BCUT2D eigenvalue weighted by Crippen LogP contribution is 2.31. The molecule has 2 aromatic carbocycles. The molecule has 0 saturated heterocycles. The smallest absolute Gasteiger partial charge is 0.247 e. The number of hydrogen-bond acceptors (Lipinski definition) is 5. The molecule has 0 radical (unpaired) electrons. The van der Waals surface area contributed by atoms with Gasteiger partial charge >= 0.3 is 0 Å². The predicted molar refractivity (Wildman–Crippen MR) is 123 cm³/mol. The molecule has 2 heterocycles. The van der Waals surface area contributed by atoms with Crippen LogP contribution >= 0.6 is 23.2 Å². The van der Waals surface area contributed by atoms with Crippen molar-refractivity contribution in [3.8, 4) is 5.75 Å². The van der Waals surface area contributed by atoms with Crippen molar-refractivity contribution in [2.24, 2.45) is 0 Å². The molecule has 7 nitrogen and oxygen atoms in total. The third kappa shape index (κ3) is 4.63. The zero-order chi connectivity index (χ0) is 21.8. The van der Waals surface area contributed by atoms with E-state index in [-0.39, 0.29) is 12.5 Å². The average molecular weight is 454 g/mol. The third-order valence-electron chi connectivity index (χ3n) is 4.49. The standard InChI is InChI=1S/C22H17Cl2N5O2/c1-2-21(30)26-19-5-3-4-6-20(19)27-22-14-9-13(7-8-18(14)28-29-22)31-12-15-16(23)10-25-11-17(15)24/h2-11H,1,12H2,(H,26,30)(H2,27,28,29). The number of benzene rings is 2. The van der Waals surface area contributed by atoms with Gasteiger partial charge < -0.3 is 15.4 Å². The van der Waals surface area contributed by atoms with Gasteiger partial charge in [-0.1, -0.05) is 41.9 Å². The summed E-state index contributed by atoms with van der Waals surface area (Å²) in [5.41, 5.74) is 2.78. The summed E-state index contributed by atoms with van der Waals surface area (Å²) in [4.78, 5) is 15.7. The Balaban J connectivity index is 1.58. The van der Waals surface area contributed by atoms with Gasteiger partial charge in [-0.25, -0.2) is 0 Å². The Morgan fingerprint density at radius 3 is 2.61 bits per heavy atom. The van der Waals surface area contributed by atoms with Gasteiger partial charge in [0.05, 0.1) is 26.9 Å². The number of para-hydroxylation sites is 2. The van der Waals surface area contributed by atoms with Crippen LogP contribution in [-0.4, -0.2) is 21.1 Å². The highest BCUT2D eigenvalue weighted by Gasteiger charge is 2.12. The number of ether oxygens (including phenoxy) is 1. The lowest BCUT2D eigenvalue weighted by molar-refractivity contribution is -0.111. The number of halogens is 2. The fraction of sp³-hybridized carbons (Fsp3) is 0.0455. The number of fused-ring (bicyclic) bond motifs is 1. The summed E-state index contributed by atoms with van der Waals surface area (Å²) in [7, 11) is 0. The normalized spacial score (nSPS) is 10.6. The van der Waals surface area contributed by atoms with Crippen LogP contribution in [0.3, 0.4) is 0 Å². The van der Waals surface area contributed by atoms with Crippen molar-refractivity contribution in [3.63, 3.8) is 0 Å². The quantitative estimate of drug-likeness (QED) is 0.311. The summed E-state index contributed by atoms with van der Waals surface area (Å²) in [6.45, 7) is 3.68. The number of carbonyl (C=O) groups is 1. The summed E-state index contributed by atoms with van der Waals surface area (Å²) in [6, 6.07) is 12.9. The predicted octanol–water partition coefficient (Wildman–Crippen LogP) is 5.71. The molecule has 2 aromatic heterocycles. The lowest BCUT2D eigenvalue weighted by Crippen LogP contribution is -2.09. The van der Waals surface area contributed by atoms with Crippen molar-refractivity contribution >= 4 is 57.2 Å². The first-order valence-corrected chi connectivity index (χ1v) is 9.99. The number of pyridine rings is 1. The van der Waals surface area contributed by atoms with Crippen molar-refractivity contribution < 1.29 is 9.53 Å². The average Bonchev–Trinajstić information content (AvgIpc) is 3.16. The number of carbonyl (C=O) groups excluding carboxylic acids is 1. The number of H-pyrrole nitrogens is 1. The van der Waals surface area contributed by atoms with Gasteiger partial charge in [-0.05, 0) is 36.4 Å². The monoisotopic (exact) mass is 453 g/mol. The summed E-state index contributed by atoms with van der Waals surface area (Å²) in [5.74, 6) is 0.903. The van der Waals surface area contributed by atoms with Gasteiger partial charge in [0.15, 0.2) is 5.82 Å². The van der Waals surface area contributed by atoms with Crippen LogP contribution in [-0.2, 0) is 11.4 Å². The van der Waals surface area contributed by atoms with E-state index in [0.717, 1.165) is 10.9 Å². The Labute approximate surface area is 188 Å². The molecule has 31 heavy (non-hydrogen) atoms. The molecule has 0 saturated carbocycles. The van der Waals surface area contributed by atoms with Crippen LogP contribution in [0.5, 0.6) is 5.75 Å². The van der Waals surface area contributed by atoms with Crippen LogP contribution in [0.25, 0.3) is 10.9 Å². The maximum absolute atomic E-state index is 11.7. The highest BCUT2D eigenvalue weighted by atomic mass is 35.5. The second-order valence-corrected chi connectivity index (χ2v) is 7.33. The molecule has 0 bridgehead atoms. The molecule has 0 atom stereocenters. The summed E-state index contributed by atoms with van der Waals surface area (Å²) in [6.07, 6.45) is 4.26. The van der Waals surface area contributed by atoms with Gasteiger partial charge in [0.2, 0.25) is 5.91 Å². The molecule has 0 spiro atoms. The maximum atomic E-state index is 11.7. The Kier molecular flexibility index (Phi) is 6.06. The van der Waals surface area contributed by atoms with Crippen molar-refractivity contribution in [3.05, 3.63) is 83.1 Å². The number of anilines is 3. The minimum atomic E-state index is -0.301. The van der Waals surface area contributed by atoms with Crippen molar-refractivity contribution in [1.82, 2.24) is 15.2 Å². The van der Waals surface area contributed by atoms with E-state index in [1.54, 1.807) is 6.07 Å². The minimum Gasteiger partial charge on any atom is -0.489 e. The van der Waals surface area contributed by atoms with Crippen molar-refractivity contribution in [2.75, 3.05) is 10.6 Å². The Bertz CT molecular complexity index is 1250. The minimum absolute atomic E-state index is 0.197. The molecule has 0 unspecified atom stereocenters. The maximum Gasteiger partial charge on any atom is 0.247 e.